The van der Waals surface area contributed by atoms with E-state index in [4.69, 9.17) is 11.6 Å². The molecule has 0 saturated heterocycles. The number of rotatable bonds is 3. The Bertz CT molecular complexity index is 434. The van der Waals surface area contributed by atoms with Crippen LogP contribution in [0.15, 0.2) is 30.3 Å². The second kappa shape index (κ2) is 5.32. The van der Waals surface area contributed by atoms with Gasteiger partial charge < -0.3 is 9.84 Å². The molecule has 0 spiro atoms. The lowest BCUT2D eigenvalue weighted by Crippen LogP contribution is -2.15. The molecule has 0 aliphatic rings. The Morgan fingerprint density at radius 3 is 2.38 bits per heavy atom. The van der Waals surface area contributed by atoms with E-state index in [0.717, 1.165) is 7.11 Å². The molecule has 0 fully saturated rings. The number of carbonyl (C=O) groups excluding carboxylic acids is 2. The van der Waals surface area contributed by atoms with Crippen LogP contribution in [0.25, 0.3) is 5.76 Å². The van der Waals surface area contributed by atoms with Crippen LogP contribution in [-0.4, -0.2) is 18.9 Å². The lowest BCUT2D eigenvalue weighted by Gasteiger charge is -2.11. The van der Waals surface area contributed by atoms with Crippen LogP contribution in [0.3, 0.4) is 0 Å². The SMILES string of the molecule is COC(=O)C(=O)/C=C(\[O-])c1ccc(Cl)cc1. The van der Waals surface area contributed by atoms with E-state index >= 15 is 0 Å². The van der Waals surface area contributed by atoms with E-state index < -0.39 is 17.5 Å². The molecule has 1 aromatic carbocycles. The van der Waals surface area contributed by atoms with Crippen molar-refractivity contribution < 1.29 is 19.4 Å². The molecule has 0 aliphatic heterocycles. The van der Waals surface area contributed by atoms with Gasteiger partial charge in [0, 0.05) is 5.02 Å². The fraction of sp³-hybridized carbons (Fsp3) is 0.0909. The van der Waals surface area contributed by atoms with Crippen LogP contribution in [0.1, 0.15) is 5.56 Å². The van der Waals surface area contributed by atoms with Crippen molar-refractivity contribution in [2.45, 2.75) is 0 Å². The first-order valence-corrected chi connectivity index (χ1v) is 4.69. The molecule has 0 radical (unpaired) electrons. The highest BCUT2D eigenvalue weighted by Gasteiger charge is 2.09. The van der Waals surface area contributed by atoms with Gasteiger partial charge >= 0.3 is 5.97 Å². The molecule has 1 aromatic rings. The van der Waals surface area contributed by atoms with Crippen LogP contribution < -0.4 is 5.11 Å². The van der Waals surface area contributed by atoms with Crippen LogP contribution >= 0.6 is 11.6 Å². The first-order valence-electron chi connectivity index (χ1n) is 4.31. The Morgan fingerprint density at radius 2 is 1.88 bits per heavy atom. The maximum Gasteiger partial charge on any atom is 0.378 e. The summed E-state index contributed by atoms with van der Waals surface area (Å²) in [6.45, 7) is 0. The summed E-state index contributed by atoms with van der Waals surface area (Å²) in [4.78, 5) is 21.8. The molecule has 0 N–H and O–H groups in total. The van der Waals surface area contributed by atoms with E-state index in [0.29, 0.717) is 11.1 Å². The van der Waals surface area contributed by atoms with Gasteiger partial charge in [0.1, 0.15) is 0 Å². The highest BCUT2D eigenvalue weighted by molar-refractivity contribution is 6.39. The fourth-order valence-electron chi connectivity index (χ4n) is 0.976. The predicted octanol–water partition coefficient (Wildman–Crippen LogP) is 0.783. The van der Waals surface area contributed by atoms with Crippen LogP contribution in [0.5, 0.6) is 0 Å². The normalized spacial score (nSPS) is 11.0. The van der Waals surface area contributed by atoms with Crippen molar-refractivity contribution in [2.24, 2.45) is 0 Å². The molecule has 16 heavy (non-hydrogen) atoms. The monoisotopic (exact) mass is 239 g/mol. The first-order chi connectivity index (χ1) is 7.54. The highest BCUT2D eigenvalue weighted by Crippen LogP contribution is 2.13. The number of ether oxygens (including phenoxy) is 1. The van der Waals surface area contributed by atoms with Crippen molar-refractivity contribution in [3.63, 3.8) is 0 Å². The Balaban J connectivity index is 2.89. The Hall–Kier alpha value is -1.81. The van der Waals surface area contributed by atoms with Crippen molar-refractivity contribution in [1.82, 2.24) is 0 Å². The topological polar surface area (TPSA) is 66.4 Å². The zero-order valence-electron chi connectivity index (χ0n) is 8.40. The average molecular weight is 240 g/mol. The van der Waals surface area contributed by atoms with E-state index in [1.54, 1.807) is 0 Å². The number of halogens is 1. The Labute approximate surface area is 97.1 Å². The smallest absolute Gasteiger partial charge is 0.378 e. The molecule has 84 valence electrons. The van der Waals surface area contributed by atoms with Crippen molar-refractivity contribution in [2.75, 3.05) is 7.11 Å². The van der Waals surface area contributed by atoms with Crippen LogP contribution in [0.2, 0.25) is 5.02 Å². The molecule has 0 bridgehead atoms. The third kappa shape index (κ3) is 3.10. The summed E-state index contributed by atoms with van der Waals surface area (Å²) in [6, 6.07) is 5.97. The standard InChI is InChI=1S/C11H9ClO4/c1-16-11(15)10(14)6-9(13)7-2-4-8(12)5-3-7/h2-6,13H,1H3/p-1/b9-6-. The number of benzene rings is 1. The first kappa shape index (κ1) is 12.3. The van der Waals surface area contributed by atoms with Crippen LogP contribution in [0.4, 0.5) is 0 Å². The van der Waals surface area contributed by atoms with E-state index in [2.05, 4.69) is 4.74 Å². The van der Waals surface area contributed by atoms with Crippen molar-refractivity contribution in [3.05, 3.63) is 40.9 Å². The molecule has 0 saturated carbocycles. The molecule has 4 nitrogen and oxygen atoms in total. The van der Waals surface area contributed by atoms with E-state index in [1.807, 2.05) is 0 Å². The van der Waals surface area contributed by atoms with Crippen molar-refractivity contribution in [3.8, 4) is 0 Å². The Kier molecular flexibility index (Phi) is 4.08. The quantitative estimate of drug-likeness (QED) is 0.338. The average Bonchev–Trinajstić information content (AvgIpc) is 2.28. The minimum Gasteiger partial charge on any atom is -0.872 e. The maximum atomic E-state index is 11.5. The minimum absolute atomic E-state index is 0.279. The number of hydrogen-bond donors (Lipinski definition) is 0. The summed E-state index contributed by atoms with van der Waals surface area (Å²) in [6.07, 6.45) is 0.690. The molecule has 5 heteroatoms. The minimum atomic E-state index is -1.07. The molecular weight excluding hydrogens is 232 g/mol. The van der Waals surface area contributed by atoms with Gasteiger partial charge in [0.15, 0.2) is 0 Å². The van der Waals surface area contributed by atoms with Gasteiger partial charge in [0.05, 0.1) is 7.11 Å². The largest absolute Gasteiger partial charge is 0.872 e. The maximum absolute atomic E-state index is 11.5. The summed E-state index contributed by atoms with van der Waals surface area (Å²) in [7, 11) is 1.07. The third-order valence-corrected chi connectivity index (χ3v) is 2.03. The zero-order chi connectivity index (χ0) is 12.1. The number of ketones is 1. The van der Waals surface area contributed by atoms with Gasteiger partial charge in [-0.2, -0.15) is 0 Å². The summed E-state index contributed by atoms with van der Waals surface area (Å²) in [5.41, 5.74) is 0.279. The number of carbonyl (C=O) groups is 2. The van der Waals surface area contributed by atoms with Gasteiger partial charge in [-0.05, 0) is 23.8 Å². The van der Waals surface area contributed by atoms with E-state index in [9.17, 15) is 14.7 Å². The zero-order valence-corrected chi connectivity index (χ0v) is 9.15. The van der Waals surface area contributed by atoms with Gasteiger partial charge in [-0.15, -0.1) is 0 Å². The van der Waals surface area contributed by atoms with E-state index in [1.165, 1.54) is 24.3 Å². The summed E-state index contributed by atoms with van der Waals surface area (Å²) in [5.74, 6) is -2.61. The number of esters is 1. The van der Waals surface area contributed by atoms with Gasteiger partial charge in [-0.25, -0.2) is 4.79 Å². The molecule has 0 aliphatic carbocycles. The molecule has 0 aromatic heterocycles. The van der Waals surface area contributed by atoms with Gasteiger partial charge in [-0.1, -0.05) is 29.5 Å². The Morgan fingerprint density at radius 1 is 1.31 bits per heavy atom. The molecule has 1 rings (SSSR count). The van der Waals surface area contributed by atoms with Crippen molar-refractivity contribution >= 4 is 29.1 Å². The molecule has 0 heterocycles. The second-order valence-electron chi connectivity index (χ2n) is 2.87. The third-order valence-electron chi connectivity index (χ3n) is 1.78. The summed E-state index contributed by atoms with van der Waals surface area (Å²) >= 11 is 5.63. The lowest BCUT2D eigenvalue weighted by atomic mass is 10.1. The van der Waals surface area contributed by atoms with Gasteiger partial charge in [-0.3, -0.25) is 4.79 Å². The van der Waals surface area contributed by atoms with E-state index in [-0.39, 0.29) is 5.56 Å². The molecule has 0 atom stereocenters. The molecular formula is C11H8ClO4-. The van der Waals surface area contributed by atoms with Gasteiger partial charge in [0.25, 0.3) is 5.78 Å². The predicted molar refractivity (Wildman–Crippen MR) is 56.5 cm³/mol. The summed E-state index contributed by atoms with van der Waals surface area (Å²) < 4.78 is 4.17. The second-order valence-corrected chi connectivity index (χ2v) is 3.31. The molecule has 0 amide bonds. The van der Waals surface area contributed by atoms with Crippen LogP contribution in [0, 0.1) is 0 Å². The van der Waals surface area contributed by atoms with Crippen LogP contribution in [-0.2, 0) is 14.3 Å². The highest BCUT2D eigenvalue weighted by atomic mass is 35.5. The van der Waals surface area contributed by atoms with Crippen molar-refractivity contribution in [1.29, 1.82) is 0 Å². The van der Waals surface area contributed by atoms with Gasteiger partial charge in [0.2, 0.25) is 0 Å². The lowest BCUT2D eigenvalue weighted by molar-refractivity contribution is -0.243. The molecule has 0 unspecified atom stereocenters. The fourth-order valence-corrected chi connectivity index (χ4v) is 1.10. The summed E-state index contributed by atoms with van der Waals surface area (Å²) in [5, 5.41) is 11.9. The number of methoxy groups -OCH3 is 1. The number of hydrogen-bond acceptors (Lipinski definition) is 4.